The average Bonchev–Trinajstić information content (AvgIpc) is 2.61. The van der Waals surface area contributed by atoms with Gasteiger partial charge in [0.1, 0.15) is 6.04 Å². The summed E-state index contributed by atoms with van der Waals surface area (Å²) in [6.45, 7) is 7.98. The Bertz CT molecular complexity index is 346. The van der Waals surface area contributed by atoms with Crippen LogP contribution in [0.15, 0.2) is 6.07 Å². The van der Waals surface area contributed by atoms with Gasteiger partial charge in [-0.1, -0.05) is 12.8 Å². The third-order valence-electron chi connectivity index (χ3n) is 2.29. The predicted molar refractivity (Wildman–Crippen MR) is 62.5 cm³/mol. The molecule has 0 amide bonds. The van der Waals surface area contributed by atoms with Crippen LogP contribution in [0.3, 0.4) is 0 Å². The molecule has 0 saturated carbocycles. The normalized spacial score (nSPS) is 12.4. The number of hydrogen-bond donors (Lipinski definition) is 1. The summed E-state index contributed by atoms with van der Waals surface area (Å²) in [5.41, 5.74) is 2.11. The second kappa shape index (κ2) is 5.57. The lowest BCUT2D eigenvalue weighted by Gasteiger charge is -2.13. The van der Waals surface area contributed by atoms with Crippen LogP contribution < -0.4 is 5.32 Å². The summed E-state index contributed by atoms with van der Waals surface area (Å²) in [5.74, 6) is 2.77. The van der Waals surface area contributed by atoms with Crippen LogP contribution in [-0.2, 0) is 6.54 Å². The van der Waals surface area contributed by atoms with Gasteiger partial charge in [-0.2, -0.15) is 5.10 Å². The molecular weight excluding hydrogens is 186 g/mol. The van der Waals surface area contributed by atoms with Crippen molar-refractivity contribution in [2.45, 2.75) is 39.8 Å². The van der Waals surface area contributed by atoms with E-state index in [9.17, 15) is 0 Å². The molecule has 82 valence electrons. The van der Waals surface area contributed by atoms with Gasteiger partial charge in [0, 0.05) is 6.54 Å². The molecule has 0 saturated heterocycles. The fraction of sp³-hybridized carbons (Fsp3) is 0.583. The van der Waals surface area contributed by atoms with Gasteiger partial charge in [0.25, 0.3) is 0 Å². The smallest absolute Gasteiger partial charge is 0.111 e. The van der Waals surface area contributed by atoms with Crippen LogP contribution in [0.4, 0.5) is 0 Å². The molecule has 1 unspecified atom stereocenters. The number of aryl methyl sites for hydroxylation is 2. The highest BCUT2D eigenvalue weighted by atomic mass is 15.3. The van der Waals surface area contributed by atoms with E-state index in [1.54, 1.807) is 0 Å². The molecule has 0 fully saturated rings. The molecule has 0 radical (unpaired) electrons. The minimum absolute atomic E-state index is 0.0221. The van der Waals surface area contributed by atoms with Gasteiger partial charge in [-0.3, -0.25) is 10.00 Å². The molecule has 0 aromatic carbocycles. The minimum atomic E-state index is -0.0221. The van der Waals surface area contributed by atoms with E-state index in [1.165, 1.54) is 0 Å². The molecule has 0 bridgehead atoms. The van der Waals surface area contributed by atoms with Gasteiger partial charge >= 0.3 is 0 Å². The molecule has 0 aliphatic heterocycles. The Morgan fingerprint density at radius 3 is 2.87 bits per heavy atom. The highest BCUT2D eigenvalue weighted by Gasteiger charge is 2.13. The van der Waals surface area contributed by atoms with Crippen LogP contribution in [0, 0.1) is 19.3 Å². The van der Waals surface area contributed by atoms with Crippen LogP contribution in [0.25, 0.3) is 0 Å². The minimum Gasteiger partial charge on any atom is -0.299 e. The molecule has 1 atom stereocenters. The lowest BCUT2D eigenvalue weighted by molar-refractivity contribution is 0.547. The highest BCUT2D eigenvalue weighted by molar-refractivity contribution is 5.21. The monoisotopic (exact) mass is 205 g/mol. The van der Waals surface area contributed by atoms with E-state index in [0.29, 0.717) is 0 Å². The van der Waals surface area contributed by atoms with E-state index in [4.69, 9.17) is 6.42 Å². The summed E-state index contributed by atoms with van der Waals surface area (Å²) in [6.07, 6.45) is 6.61. The van der Waals surface area contributed by atoms with E-state index < -0.39 is 0 Å². The first-order valence-corrected chi connectivity index (χ1v) is 5.46. The predicted octanol–water partition coefficient (Wildman–Crippen LogP) is 1.89. The van der Waals surface area contributed by atoms with Crippen LogP contribution >= 0.6 is 0 Å². The Kier molecular flexibility index (Phi) is 4.38. The SMILES string of the molecule is C#CC(NCCC)c1cc(C)nn1CC. The van der Waals surface area contributed by atoms with E-state index >= 15 is 0 Å². The maximum Gasteiger partial charge on any atom is 0.111 e. The molecular formula is C12H19N3. The van der Waals surface area contributed by atoms with E-state index in [-0.39, 0.29) is 6.04 Å². The van der Waals surface area contributed by atoms with Gasteiger partial charge in [0.2, 0.25) is 0 Å². The van der Waals surface area contributed by atoms with Crippen LogP contribution in [0.5, 0.6) is 0 Å². The molecule has 0 aliphatic rings. The highest BCUT2D eigenvalue weighted by Crippen LogP contribution is 2.13. The van der Waals surface area contributed by atoms with Crippen molar-refractivity contribution < 1.29 is 0 Å². The van der Waals surface area contributed by atoms with Crippen molar-refractivity contribution in [2.75, 3.05) is 6.54 Å². The van der Waals surface area contributed by atoms with Crippen molar-refractivity contribution in [3.63, 3.8) is 0 Å². The maximum absolute atomic E-state index is 5.52. The maximum atomic E-state index is 5.52. The summed E-state index contributed by atoms with van der Waals surface area (Å²) in [7, 11) is 0. The van der Waals surface area contributed by atoms with E-state index in [1.807, 2.05) is 11.6 Å². The Balaban J connectivity index is 2.86. The van der Waals surface area contributed by atoms with Gasteiger partial charge in [-0.25, -0.2) is 0 Å². The summed E-state index contributed by atoms with van der Waals surface area (Å²) in [4.78, 5) is 0. The number of hydrogen-bond acceptors (Lipinski definition) is 2. The number of aromatic nitrogens is 2. The van der Waals surface area contributed by atoms with Gasteiger partial charge in [0.15, 0.2) is 0 Å². The van der Waals surface area contributed by atoms with Crippen molar-refractivity contribution in [2.24, 2.45) is 0 Å². The summed E-state index contributed by atoms with van der Waals surface area (Å²) in [6, 6.07) is 2.03. The first kappa shape index (κ1) is 11.8. The quantitative estimate of drug-likeness (QED) is 0.744. The van der Waals surface area contributed by atoms with Gasteiger partial charge < -0.3 is 0 Å². The molecule has 15 heavy (non-hydrogen) atoms. The molecule has 1 rings (SSSR count). The third-order valence-corrected chi connectivity index (χ3v) is 2.29. The number of nitrogens with one attached hydrogen (secondary N) is 1. The molecule has 1 N–H and O–H groups in total. The fourth-order valence-electron chi connectivity index (χ4n) is 1.59. The van der Waals surface area contributed by atoms with Crippen molar-refractivity contribution >= 4 is 0 Å². The van der Waals surface area contributed by atoms with Crippen molar-refractivity contribution in [3.8, 4) is 12.3 Å². The number of nitrogens with zero attached hydrogens (tertiary/aromatic N) is 2. The fourth-order valence-corrected chi connectivity index (χ4v) is 1.59. The summed E-state index contributed by atoms with van der Waals surface area (Å²) in [5, 5.41) is 7.71. The van der Waals surface area contributed by atoms with Crippen molar-refractivity contribution in [1.29, 1.82) is 0 Å². The zero-order valence-electron chi connectivity index (χ0n) is 9.75. The Hall–Kier alpha value is -1.27. The molecule has 3 nitrogen and oxygen atoms in total. The molecule has 1 aromatic heterocycles. The van der Waals surface area contributed by atoms with Crippen LogP contribution in [0.2, 0.25) is 0 Å². The molecule has 0 spiro atoms. The Morgan fingerprint density at radius 2 is 2.33 bits per heavy atom. The first-order chi connectivity index (χ1) is 7.22. The van der Waals surface area contributed by atoms with Crippen LogP contribution in [0.1, 0.15) is 37.7 Å². The summed E-state index contributed by atoms with van der Waals surface area (Å²) >= 11 is 0. The average molecular weight is 205 g/mol. The lowest BCUT2D eigenvalue weighted by atomic mass is 10.2. The van der Waals surface area contributed by atoms with Gasteiger partial charge in [-0.05, 0) is 32.9 Å². The lowest BCUT2D eigenvalue weighted by Crippen LogP contribution is -2.23. The van der Waals surface area contributed by atoms with Crippen molar-refractivity contribution in [3.05, 3.63) is 17.5 Å². The number of rotatable bonds is 5. The van der Waals surface area contributed by atoms with E-state index in [0.717, 1.165) is 30.9 Å². The second-order valence-electron chi connectivity index (χ2n) is 3.58. The zero-order valence-corrected chi connectivity index (χ0v) is 9.75. The molecule has 1 heterocycles. The number of terminal acetylenes is 1. The molecule has 1 aromatic rings. The Morgan fingerprint density at radius 1 is 1.60 bits per heavy atom. The van der Waals surface area contributed by atoms with Gasteiger partial charge in [0.05, 0.1) is 11.4 Å². The van der Waals surface area contributed by atoms with Crippen LogP contribution in [-0.4, -0.2) is 16.3 Å². The van der Waals surface area contributed by atoms with Crippen molar-refractivity contribution in [1.82, 2.24) is 15.1 Å². The van der Waals surface area contributed by atoms with E-state index in [2.05, 4.69) is 36.2 Å². The largest absolute Gasteiger partial charge is 0.299 e. The standard InChI is InChI=1S/C12H19N3/c1-5-8-13-11(6-2)12-9-10(4)14-15(12)7-3/h2,9,11,13H,5,7-8H2,1,3-4H3. The first-order valence-electron chi connectivity index (χ1n) is 5.46. The third kappa shape index (κ3) is 2.84. The summed E-state index contributed by atoms with van der Waals surface area (Å²) < 4.78 is 1.96. The Labute approximate surface area is 91.9 Å². The molecule has 0 aliphatic carbocycles. The van der Waals surface area contributed by atoms with Gasteiger partial charge in [-0.15, -0.1) is 6.42 Å². The zero-order chi connectivity index (χ0) is 11.3. The topological polar surface area (TPSA) is 29.9 Å². The molecule has 3 heteroatoms. The second-order valence-corrected chi connectivity index (χ2v) is 3.58.